The highest BCUT2D eigenvalue weighted by Crippen LogP contribution is 1.98. The lowest BCUT2D eigenvalue weighted by Crippen LogP contribution is -2.24. The van der Waals surface area contributed by atoms with Crippen LogP contribution in [0.25, 0.3) is 0 Å². The van der Waals surface area contributed by atoms with Crippen LogP contribution in [0.1, 0.15) is 20.3 Å². The van der Waals surface area contributed by atoms with Gasteiger partial charge in [0.2, 0.25) is 0 Å². The molecule has 1 unspecified atom stereocenters. The van der Waals surface area contributed by atoms with Crippen LogP contribution in [-0.2, 0) is 9.53 Å². The van der Waals surface area contributed by atoms with Crippen LogP contribution in [0.3, 0.4) is 0 Å². The van der Waals surface area contributed by atoms with Crippen LogP contribution in [0.4, 0.5) is 0 Å². The Morgan fingerprint density at radius 2 is 2.27 bits per heavy atom. The molecule has 0 aliphatic carbocycles. The van der Waals surface area contributed by atoms with E-state index >= 15 is 0 Å². The van der Waals surface area contributed by atoms with Crippen molar-refractivity contribution in [3.63, 3.8) is 0 Å². The van der Waals surface area contributed by atoms with Gasteiger partial charge in [-0.2, -0.15) is 0 Å². The zero-order valence-electron chi connectivity index (χ0n) is 7.09. The van der Waals surface area contributed by atoms with Crippen molar-refractivity contribution in [2.24, 2.45) is 5.73 Å². The predicted octanol–water partition coefficient (Wildman–Crippen LogP) is 0.843. The molecule has 0 aromatic heterocycles. The Labute approximate surface area is 67.2 Å². The van der Waals surface area contributed by atoms with E-state index in [0.29, 0.717) is 12.2 Å². The van der Waals surface area contributed by atoms with Gasteiger partial charge in [0.25, 0.3) is 0 Å². The van der Waals surface area contributed by atoms with Crippen molar-refractivity contribution in [3.8, 4) is 0 Å². The van der Waals surface area contributed by atoms with Crippen LogP contribution >= 0.6 is 0 Å². The van der Waals surface area contributed by atoms with Gasteiger partial charge in [-0.05, 0) is 13.3 Å². The van der Waals surface area contributed by atoms with Gasteiger partial charge in [0.05, 0.1) is 6.61 Å². The Hall–Kier alpha value is -0.830. The Kier molecular flexibility index (Phi) is 4.54. The van der Waals surface area contributed by atoms with Crippen molar-refractivity contribution < 1.29 is 9.53 Å². The van der Waals surface area contributed by atoms with E-state index in [0.717, 1.165) is 6.42 Å². The second-order valence-electron chi connectivity index (χ2n) is 2.45. The number of carbonyl (C=O) groups excluding carboxylic acids is 1. The Morgan fingerprint density at radius 3 is 2.64 bits per heavy atom. The molecule has 0 fully saturated rings. The van der Waals surface area contributed by atoms with Crippen molar-refractivity contribution >= 4 is 5.97 Å². The summed E-state index contributed by atoms with van der Waals surface area (Å²) < 4.78 is 4.80. The molecular formula is C8H15NO2. The number of carbonyl (C=O) groups is 1. The molecule has 0 radical (unpaired) electrons. The van der Waals surface area contributed by atoms with Gasteiger partial charge in [0, 0.05) is 11.6 Å². The second-order valence-corrected chi connectivity index (χ2v) is 2.45. The molecule has 0 saturated heterocycles. The van der Waals surface area contributed by atoms with Gasteiger partial charge >= 0.3 is 5.97 Å². The van der Waals surface area contributed by atoms with Gasteiger partial charge in [0.1, 0.15) is 0 Å². The summed E-state index contributed by atoms with van der Waals surface area (Å²) in [6.07, 6.45) is 0.817. The maximum absolute atomic E-state index is 10.9. The molecule has 0 amide bonds. The molecule has 2 N–H and O–H groups in total. The van der Waals surface area contributed by atoms with Gasteiger partial charge in [-0.25, -0.2) is 4.79 Å². The number of nitrogens with two attached hydrogens (primary N) is 1. The van der Waals surface area contributed by atoms with Gasteiger partial charge < -0.3 is 10.5 Å². The van der Waals surface area contributed by atoms with Gasteiger partial charge in [-0.1, -0.05) is 13.5 Å². The number of rotatable bonds is 4. The lowest BCUT2D eigenvalue weighted by molar-refractivity contribution is -0.139. The molecule has 1 atom stereocenters. The third-order valence-electron chi connectivity index (χ3n) is 1.25. The van der Waals surface area contributed by atoms with E-state index in [2.05, 4.69) is 6.58 Å². The van der Waals surface area contributed by atoms with Crippen molar-refractivity contribution in [3.05, 3.63) is 12.2 Å². The van der Waals surface area contributed by atoms with Crippen molar-refractivity contribution in [2.45, 2.75) is 26.3 Å². The predicted molar refractivity (Wildman–Crippen MR) is 44.0 cm³/mol. The summed E-state index contributed by atoms with van der Waals surface area (Å²) in [7, 11) is 0. The molecule has 0 aromatic rings. The van der Waals surface area contributed by atoms with E-state index in [9.17, 15) is 4.79 Å². The highest BCUT2D eigenvalue weighted by atomic mass is 16.5. The first kappa shape index (κ1) is 10.2. The third kappa shape index (κ3) is 3.78. The molecule has 0 aliphatic heterocycles. The SMILES string of the molecule is C=C(C(=O)OCCC)C(C)N. The fourth-order valence-electron chi connectivity index (χ4n) is 0.473. The van der Waals surface area contributed by atoms with E-state index < -0.39 is 0 Å². The van der Waals surface area contributed by atoms with Crippen LogP contribution in [0.5, 0.6) is 0 Å². The zero-order valence-corrected chi connectivity index (χ0v) is 7.09. The third-order valence-corrected chi connectivity index (χ3v) is 1.25. The number of hydrogen-bond donors (Lipinski definition) is 1. The smallest absolute Gasteiger partial charge is 0.334 e. The monoisotopic (exact) mass is 157 g/mol. The fraction of sp³-hybridized carbons (Fsp3) is 0.625. The first-order valence-corrected chi connectivity index (χ1v) is 3.71. The van der Waals surface area contributed by atoms with Gasteiger partial charge in [-0.3, -0.25) is 0 Å². The molecule has 64 valence electrons. The second kappa shape index (κ2) is 4.91. The number of hydrogen-bond acceptors (Lipinski definition) is 3. The quantitative estimate of drug-likeness (QED) is 0.486. The first-order chi connectivity index (χ1) is 5.09. The minimum absolute atomic E-state index is 0.320. The molecule has 0 rings (SSSR count). The molecule has 3 nitrogen and oxygen atoms in total. The molecule has 11 heavy (non-hydrogen) atoms. The minimum Gasteiger partial charge on any atom is -0.462 e. The lowest BCUT2D eigenvalue weighted by Gasteiger charge is -2.07. The molecule has 0 spiro atoms. The van der Waals surface area contributed by atoms with Crippen LogP contribution < -0.4 is 5.73 Å². The first-order valence-electron chi connectivity index (χ1n) is 3.71. The van der Waals surface area contributed by atoms with E-state index in [1.54, 1.807) is 6.92 Å². The van der Waals surface area contributed by atoms with Crippen LogP contribution in [0, 0.1) is 0 Å². The van der Waals surface area contributed by atoms with Crippen molar-refractivity contribution in [2.75, 3.05) is 6.61 Å². The normalized spacial score (nSPS) is 12.3. The van der Waals surface area contributed by atoms with Crippen LogP contribution in [0.15, 0.2) is 12.2 Å². The zero-order chi connectivity index (χ0) is 8.85. The minimum atomic E-state index is -0.387. The molecule has 0 bridgehead atoms. The molecule has 0 aromatic carbocycles. The maximum Gasteiger partial charge on any atom is 0.334 e. The summed E-state index contributed by atoms with van der Waals surface area (Å²) in [5, 5.41) is 0. The van der Waals surface area contributed by atoms with Crippen molar-refractivity contribution in [1.29, 1.82) is 0 Å². The largest absolute Gasteiger partial charge is 0.462 e. The summed E-state index contributed by atoms with van der Waals surface area (Å²) in [4.78, 5) is 10.9. The highest BCUT2D eigenvalue weighted by Gasteiger charge is 2.11. The summed E-state index contributed by atoms with van der Waals surface area (Å²) in [5.41, 5.74) is 5.74. The Bertz CT molecular complexity index is 152. The summed E-state index contributed by atoms with van der Waals surface area (Å²) in [5.74, 6) is -0.387. The average molecular weight is 157 g/mol. The van der Waals surface area contributed by atoms with E-state index in [1.807, 2.05) is 6.92 Å². The van der Waals surface area contributed by atoms with Crippen molar-refractivity contribution in [1.82, 2.24) is 0 Å². The van der Waals surface area contributed by atoms with E-state index in [4.69, 9.17) is 10.5 Å². The van der Waals surface area contributed by atoms with E-state index in [-0.39, 0.29) is 12.0 Å². The number of esters is 1. The topological polar surface area (TPSA) is 52.3 Å². The van der Waals surface area contributed by atoms with Crippen LogP contribution in [-0.4, -0.2) is 18.6 Å². The van der Waals surface area contributed by atoms with Crippen LogP contribution in [0.2, 0.25) is 0 Å². The summed E-state index contributed by atoms with van der Waals surface area (Å²) in [6.45, 7) is 7.58. The average Bonchev–Trinajstić information content (AvgIpc) is 1.98. The Morgan fingerprint density at radius 1 is 1.73 bits per heavy atom. The molecular weight excluding hydrogens is 142 g/mol. The lowest BCUT2D eigenvalue weighted by atomic mass is 10.2. The van der Waals surface area contributed by atoms with Gasteiger partial charge in [0.15, 0.2) is 0 Å². The maximum atomic E-state index is 10.9. The standard InChI is InChI=1S/C8H15NO2/c1-4-5-11-8(10)6(2)7(3)9/h7H,2,4-5,9H2,1,3H3. The molecule has 0 heterocycles. The van der Waals surface area contributed by atoms with E-state index in [1.165, 1.54) is 0 Å². The molecule has 3 heteroatoms. The summed E-state index contributed by atoms with van der Waals surface area (Å²) in [6, 6.07) is -0.320. The Balaban J connectivity index is 3.75. The fourth-order valence-corrected chi connectivity index (χ4v) is 0.473. The molecule has 0 saturated carbocycles. The van der Waals surface area contributed by atoms with Gasteiger partial charge in [-0.15, -0.1) is 0 Å². The molecule has 0 aliphatic rings. The number of ether oxygens (including phenoxy) is 1. The summed E-state index contributed by atoms with van der Waals surface area (Å²) >= 11 is 0. The highest BCUT2D eigenvalue weighted by molar-refractivity contribution is 5.88.